The Kier molecular flexibility index (Phi) is 7.48. The average molecular weight is 455 g/mol. The highest BCUT2D eigenvalue weighted by Crippen LogP contribution is 2.35. The number of hydrogen-bond acceptors (Lipinski definition) is 3. The smallest absolute Gasteiger partial charge is 0.163 e. The van der Waals surface area contributed by atoms with Crippen LogP contribution >= 0.6 is 34.8 Å². The summed E-state index contributed by atoms with van der Waals surface area (Å²) in [5, 5.41) is 4.81. The van der Waals surface area contributed by atoms with E-state index in [1.54, 1.807) is 48.5 Å². The van der Waals surface area contributed by atoms with E-state index in [4.69, 9.17) is 44.3 Å². The van der Waals surface area contributed by atoms with Gasteiger partial charge in [0.1, 0.15) is 12.4 Å². The molecule has 3 nitrogen and oxygen atoms in total. The molecule has 152 valence electrons. The van der Waals surface area contributed by atoms with Crippen LogP contribution in [0.25, 0.3) is 0 Å². The first-order chi connectivity index (χ1) is 14.0. The van der Waals surface area contributed by atoms with Crippen LogP contribution in [0.15, 0.2) is 54.6 Å². The van der Waals surface area contributed by atoms with Crippen LogP contribution in [0.2, 0.25) is 15.1 Å². The van der Waals surface area contributed by atoms with Crippen LogP contribution in [0.5, 0.6) is 11.5 Å². The Morgan fingerprint density at radius 3 is 2.34 bits per heavy atom. The van der Waals surface area contributed by atoms with E-state index in [1.807, 2.05) is 6.92 Å². The lowest BCUT2D eigenvalue weighted by atomic mass is 10.2. The van der Waals surface area contributed by atoms with E-state index >= 15 is 0 Å². The molecule has 0 aliphatic rings. The van der Waals surface area contributed by atoms with Crippen molar-refractivity contribution in [3.8, 4) is 11.5 Å². The molecule has 0 heterocycles. The molecule has 3 aromatic rings. The maximum absolute atomic E-state index is 13.8. The number of benzene rings is 3. The fraction of sp³-hybridized carbons (Fsp3) is 0.182. The SMILES string of the molecule is CCOc1cc(CNc2ccc(Cl)cc2Cl)c(Cl)cc1OCc1ccccc1F. The van der Waals surface area contributed by atoms with Gasteiger partial charge in [0.2, 0.25) is 0 Å². The topological polar surface area (TPSA) is 30.5 Å². The van der Waals surface area contributed by atoms with Gasteiger partial charge in [0, 0.05) is 28.2 Å². The number of rotatable bonds is 8. The van der Waals surface area contributed by atoms with Crippen molar-refractivity contribution in [1.29, 1.82) is 0 Å². The monoisotopic (exact) mass is 453 g/mol. The van der Waals surface area contributed by atoms with Crippen molar-refractivity contribution in [1.82, 2.24) is 0 Å². The maximum Gasteiger partial charge on any atom is 0.163 e. The third kappa shape index (κ3) is 5.69. The van der Waals surface area contributed by atoms with E-state index in [0.29, 0.717) is 45.3 Å². The van der Waals surface area contributed by atoms with Gasteiger partial charge in [0.25, 0.3) is 0 Å². The van der Waals surface area contributed by atoms with E-state index < -0.39 is 0 Å². The van der Waals surface area contributed by atoms with Crippen molar-refractivity contribution in [3.63, 3.8) is 0 Å². The molecule has 0 saturated heterocycles. The molecule has 0 fully saturated rings. The molecule has 0 radical (unpaired) electrons. The van der Waals surface area contributed by atoms with Crippen molar-refractivity contribution in [2.45, 2.75) is 20.1 Å². The second-order valence-electron chi connectivity index (χ2n) is 6.18. The summed E-state index contributed by atoms with van der Waals surface area (Å²) in [4.78, 5) is 0. The molecule has 0 atom stereocenters. The summed E-state index contributed by atoms with van der Waals surface area (Å²) in [7, 11) is 0. The lowest BCUT2D eigenvalue weighted by Gasteiger charge is -2.16. The van der Waals surface area contributed by atoms with E-state index in [2.05, 4.69) is 5.32 Å². The first-order valence-electron chi connectivity index (χ1n) is 8.98. The van der Waals surface area contributed by atoms with Gasteiger partial charge >= 0.3 is 0 Å². The molecule has 7 heteroatoms. The largest absolute Gasteiger partial charge is 0.490 e. The summed E-state index contributed by atoms with van der Waals surface area (Å²) < 4.78 is 25.3. The Labute approximate surface area is 184 Å². The number of ether oxygens (including phenoxy) is 2. The Bertz CT molecular complexity index is 998. The van der Waals surface area contributed by atoms with Crippen molar-refractivity contribution in [2.24, 2.45) is 0 Å². The standard InChI is InChI=1S/C22H19Cl3FNO2/c1-2-28-21-9-15(12-27-20-8-7-16(23)10-18(20)25)17(24)11-22(21)29-13-14-5-3-4-6-19(14)26/h3-11,27H,2,12-13H2,1H3. The third-order valence-corrected chi connectivity index (χ3v) is 5.05. The second-order valence-corrected chi connectivity index (χ2v) is 7.43. The van der Waals surface area contributed by atoms with Gasteiger partial charge in [0.15, 0.2) is 11.5 Å². The first kappa shape index (κ1) is 21.6. The normalized spacial score (nSPS) is 10.7. The summed E-state index contributed by atoms with van der Waals surface area (Å²) >= 11 is 18.6. The Balaban J connectivity index is 1.77. The molecule has 3 rings (SSSR count). The Morgan fingerprint density at radius 2 is 1.62 bits per heavy atom. The minimum absolute atomic E-state index is 0.0705. The Morgan fingerprint density at radius 1 is 0.862 bits per heavy atom. The zero-order valence-electron chi connectivity index (χ0n) is 15.6. The Hall–Kier alpha value is -2.14. The van der Waals surface area contributed by atoms with Crippen LogP contribution in [0.1, 0.15) is 18.1 Å². The number of halogens is 4. The quantitative estimate of drug-likeness (QED) is 0.385. The molecule has 0 amide bonds. The molecular weight excluding hydrogens is 436 g/mol. The highest BCUT2D eigenvalue weighted by Gasteiger charge is 2.13. The fourth-order valence-corrected chi connectivity index (χ4v) is 3.38. The van der Waals surface area contributed by atoms with E-state index in [0.717, 1.165) is 11.3 Å². The van der Waals surface area contributed by atoms with Crippen molar-refractivity contribution < 1.29 is 13.9 Å². The third-order valence-electron chi connectivity index (χ3n) is 4.15. The summed E-state index contributed by atoms with van der Waals surface area (Å²) in [6.45, 7) is 2.82. The molecule has 0 unspecified atom stereocenters. The van der Waals surface area contributed by atoms with Gasteiger partial charge in [0.05, 0.1) is 17.3 Å². The van der Waals surface area contributed by atoms with Crippen LogP contribution in [0.3, 0.4) is 0 Å². The molecule has 0 saturated carbocycles. The zero-order valence-corrected chi connectivity index (χ0v) is 17.9. The van der Waals surface area contributed by atoms with Gasteiger partial charge in [-0.05, 0) is 42.8 Å². The highest BCUT2D eigenvalue weighted by molar-refractivity contribution is 6.36. The lowest BCUT2D eigenvalue weighted by Crippen LogP contribution is -2.05. The van der Waals surface area contributed by atoms with Gasteiger partial charge in [-0.1, -0.05) is 53.0 Å². The minimum atomic E-state index is -0.322. The number of nitrogens with one attached hydrogen (secondary N) is 1. The molecular formula is C22H19Cl3FNO2. The van der Waals surface area contributed by atoms with E-state index in [9.17, 15) is 4.39 Å². The van der Waals surface area contributed by atoms with Gasteiger partial charge in [-0.3, -0.25) is 0 Å². The zero-order chi connectivity index (χ0) is 20.8. The second kappa shape index (κ2) is 10.1. The van der Waals surface area contributed by atoms with Crippen LogP contribution < -0.4 is 14.8 Å². The molecule has 0 aliphatic heterocycles. The van der Waals surface area contributed by atoms with Crippen LogP contribution in [0, 0.1) is 5.82 Å². The van der Waals surface area contributed by atoms with Crippen LogP contribution in [0.4, 0.5) is 10.1 Å². The van der Waals surface area contributed by atoms with E-state index in [-0.39, 0.29) is 12.4 Å². The van der Waals surface area contributed by atoms with Crippen LogP contribution in [-0.2, 0) is 13.2 Å². The minimum Gasteiger partial charge on any atom is -0.490 e. The molecule has 3 aromatic carbocycles. The van der Waals surface area contributed by atoms with Gasteiger partial charge < -0.3 is 14.8 Å². The van der Waals surface area contributed by atoms with Crippen molar-refractivity contribution in [2.75, 3.05) is 11.9 Å². The van der Waals surface area contributed by atoms with Gasteiger partial charge in [-0.15, -0.1) is 0 Å². The molecule has 29 heavy (non-hydrogen) atoms. The molecule has 0 aliphatic carbocycles. The fourth-order valence-electron chi connectivity index (χ4n) is 2.69. The predicted octanol–water partition coefficient (Wildman–Crippen LogP) is 7.38. The van der Waals surface area contributed by atoms with Gasteiger partial charge in [-0.25, -0.2) is 4.39 Å². The first-order valence-corrected chi connectivity index (χ1v) is 10.1. The molecule has 0 bridgehead atoms. The summed E-state index contributed by atoms with van der Waals surface area (Å²) in [5.74, 6) is 0.665. The maximum atomic E-state index is 13.8. The van der Waals surface area contributed by atoms with Crippen molar-refractivity contribution in [3.05, 3.63) is 86.6 Å². The lowest BCUT2D eigenvalue weighted by molar-refractivity contribution is 0.265. The molecule has 0 aromatic heterocycles. The summed E-state index contributed by atoms with van der Waals surface area (Å²) in [6.07, 6.45) is 0. The van der Waals surface area contributed by atoms with Crippen LogP contribution in [-0.4, -0.2) is 6.61 Å². The molecule has 0 spiro atoms. The van der Waals surface area contributed by atoms with Gasteiger partial charge in [-0.2, -0.15) is 0 Å². The number of hydrogen-bond donors (Lipinski definition) is 1. The summed E-state index contributed by atoms with van der Waals surface area (Å²) in [6, 6.07) is 15.2. The number of anilines is 1. The summed E-state index contributed by atoms with van der Waals surface area (Å²) in [5.41, 5.74) is 2.00. The molecule has 1 N–H and O–H groups in total. The van der Waals surface area contributed by atoms with E-state index in [1.165, 1.54) is 6.07 Å². The average Bonchev–Trinajstić information content (AvgIpc) is 2.69. The predicted molar refractivity (Wildman–Crippen MR) is 117 cm³/mol. The van der Waals surface area contributed by atoms with Crippen molar-refractivity contribution >= 4 is 40.5 Å². The highest BCUT2D eigenvalue weighted by atomic mass is 35.5.